The van der Waals surface area contributed by atoms with Gasteiger partial charge in [-0.05, 0) is 33.7 Å². The highest BCUT2D eigenvalue weighted by Crippen LogP contribution is 2.36. The first-order chi connectivity index (χ1) is 11.2. The summed E-state index contributed by atoms with van der Waals surface area (Å²) < 4.78 is 27.8. The second kappa shape index (κ2) is 5.20. The molecule has 0 heterocycles. The summed E-state index contributed by atoms with van der Waals surface area (Å²) in [5.74, 6) is -1.10. The molecule has 0 aromatic heterocycles. The van der Waals surface area contributed by atoms with E-state index in [9.17, 15) is 8.78 Å². The molecule has 0 saturated heterocycles. The maximum absolute atomic E-state index is 14.5. The molecule has 23 heavy (non-hydrogen) atoms. The van der Waals surface area contributed by atoms with Crippen molar-refractivity contribution < 1.29 is 8.78 Å². The lowest BCUT2D eigenvalue weighted by molar-refractivity contribution is 0.586. The fourth-order valence-electron chi connectivity index (χ4n) is 3.33. The first-order valence-electron chi connectivity index (χ1n) is 7.52. The summed E-state index contributed by atoms with van der Waals surface area (Å²) in [5.41, 5.74) is 2.42. The zero-order valence-corrected chi connectivity index (χ0v) is 12.6. The van der Waals surface area contributed by atoms with E-state index in [1.165, 1.54) is 17.6 Å². The number of halogens is 2. The molecule has 0 saturated carbocycles. The Morgan fingerprint density at radius 3 is 1.70 bits per heavy atom. The topological polar surface area (TPSA) is 0 Å². The highest BCUT2D eigenvalue weighted by atomic mass is 19.1. The summed E-state index contributed by atoms with van der Waals surface area (Å²) in [4.78, 5) is 0. The van der Waals surface area contributed by atoms with Crippen molar-refractivity contribution in [3.63, 3.8) is 0 Å². The van der Waals surface area contributed by atoms with Gasteiger partial charge in [0.05, 0.1) is 0 Å². The molecule has 0 atom stereocenters. The van der Waals surface area contributed by atoms with Gasteiger partial charge < -0.3 is 0 Å². The second-order valence-electron chi connectivity index (χ2n) is 5.72. The van der Waals surface area contributed by atoms with E-state index in [0.29, 0.717) is 5.56 Å². The number of fused-ring (bicyclic) bond motifs is 2. The standard InChI is InChI=1S/C20H13BF2/c21-20-15-7-3-1-5-13(15)19(14-6-2-4-8-16(14)20)17-10-9-12(22)11-18(17)23/h1-11H,21H2. The van der Waals surface area contributed by atoms with E-state index in [1.54, 1.807) is 0 Å². The fourth-order valence-corrected chi connectivity index (χ4v) is 3.33. The van der Waals surface area contributed by atoms with E-state index in [0.717, 1.165) is 33.2 Å². The summed E-state index contributed by atoms with van der Waals surface area (Å²) in [6.45, 7) is 0. The summed E-state index contributed by atoms with van der Waals surface area (Å²) >= 11 is 0. The van der Waals surface area contributed by atoms with Gasteiger partial charge in [0.1, 0.15) is 19.5 Å². The van der Waals surface area contributed by atoms with Gasteiger partial charge >= 0.3 is 0 Å². The van der Waals surface area contributed by atoms with Crippen LogP contribution in [0.5, 0.6) is 0 Å². The Morgan fingerprint density at radius 1 is 0.652 bits per heavy atom. The molecule has 0 nitrogen and oxygen atoms in total. The third kappa shape index (κ3) is 2.12. The van der Waals surface area contributed by atoms with Crippen LogP contribution in [0, 0.1) is 11.6 Å². The van der Waals surface area contributed by atoms with Crippen LogP contribution in [-0.2, 0) is 0 Å². The van der Waals surface area contributed by atoms with Crippen LogP contribution in [0.25, 0.3) is 32.7 Å². The second-order valence-corrected chi connectivity index (χ2v) is 5.72. The lowest BCUT2D eigenvalue weighted by Crippen LogP contribution is -2.07. The third-order valence-corrected chi connectivity index (χ3v) is 4.40. The van der Waals surface area contributed by atoms with E-state index < -0.39 is 11.6 Å². The molecule has 0 aliphatic carbocycles. The van der Waals surface area contributed by atoms with Crippen LogP contribution in [0.3, 0.4) is 0 Å². The van der Waals surface area contributed by atoms with Gasteiger partial charge in [-0.2, -0.15) is 0 Å². The van der Waals surface area contributed by atoms with Gasteiger partial charge in [0.15, 0.2) is 0 Å². The predicted molar refractivity (Wildman–Crippen MR) is 95.0 cm³/mol. The van der Waals surface area contributed by atoms with Crippen molar-refractivity contribution in [1.29, 1.82) is 0 Å². The van der Waals surface area contributed by atoms with Crippen molar-refractivity contribution in [2.75, 3.05) is 0 Å². The molecule has 0 radical (unpaired) electrons. The van der Waals surface area contributed by atoms with E-state index in [-0.39, 0.29) is 0 Å². The van der Waals surface area contributed by atoms with Gasteiger partial charge in [0.2, 0.25) is 0 Å². The van der Waals surface area contributed by atoms with Crippen molar-refractivity contribution in [1.82, 2.24) is 0 Å². The molecule has 0 spiro atoms. The van der Waals surface area contributed by atoms with Gasteiger partial charge in [-0.1, -0.05) is 54.0 Å². The monoisotopic (exact) mass is 302 g/mol. The summed E-state index contributed by atoms with van der Waals surface area (Å²) in [6.07, 6.45) is 0. The van der Waals surface area contributed by atoms with Crippen molar-refractivity contribution >= 4 is 34.9 Å². The summed E-state index contributed by atoms with van der Waals surface area (Å²) in [6, 6.07) is 19.7. The Morgan fingerprint density at radius 2 is 1.17 bits per heavy atom. The van der Waals surface area contributed by atoms with Crippen LogP contribution in [-0.4, -0.2) is 7.85 Å². The molecule has 0 unspecified atom stereocenters. The van der Waals surface area contributed by atoms with E-state index in [4.69, 9.17) is 0 Å². The van der Waals surface area contributed by atoms with Crippen LogP contribution >= 0.6 is 0 Å². The molecule has 0 fully saturated rings. The Balaban J connectivity index is 2.25. The number of rotatable bonds is 1. The first-order valence-corrected chi connectivity index (χ1v) is 7.52. The SMILES string of the molecule is Bc1c2ccccc2c(-c2ccc(F)cc2F)c2ccccc12. The smallest absolute Gasteiger partial charge is 0.140 e. The minimum Gasteiger partial charge on any atom is -0.207 e. The summed E-state index contributed by atoms with van der Waals surface area (Å²) in [7, 11) is 2.08. The molecule has 0 aliphatic rings. The zero-order valence-electron chi connectivity index (χ0n) is 12.6. The quantitative estimate of drug-likeness (QED) is 0.365. The number of hydrogen-bond donors (Lipinski definition) is 0. The lowest BCUT2D eigenvalue weighted by atomic mass is 9.81. The molecular formula is C20H13BF2. The molecule has 0 aliphatic heterocycles. The van der Waals surface area contributed by atoms with Crippen molar-refractivity contribution in [3.8, 4) is 11.1 Å². The number of benzene rings is 4. The highest BCUT2D eigenvalue weighted by molar-refractivity contribution is 6.46. The van der Waals surface area contributed by atoms with Gasteiger partial charge in [-0.25, -0.2) is 8.78 Å². The zero-order chi connectivity index (χ0) is 16.0. The average Bonchev–Trinajstić information content (AvgIpc) is 2.57. The maximum atomic E-state index is 14.5. The van der Waals surface area contributed by atoms with Gasteiger partial charge in [0.25, 0.3) is 0 Å². The normalized spacial score (nSPS) is 11.2. The minimum absolute atomic E-state index is 0.429. The molecule has 4 aromatic rings. The Labute approximate surface area is 133 Å². The first kappa shape index (κ1) is 14.0. The number of hydrogen-bond acceptors (Lipinski definition) is 0. The molecule has 110 valence electrons. The average molecular weight is 302 g/mol. The van der Waals surface area contributed by atoms with Crippen molar-refractivity contribution in [2.45, 2.75) is 0 Å². The van der Waals surface area contributed by atoms with E-state index >= 15 is 0 Å². The molecule has 0 N–H and O–H groups in total. The third-order valence-electron chi connectivity index (χ3n) is 4.40. The van der Waals surface area contributed by atoms with Crippen LogP contribution < -0.4 is 5.46 Å². The Kier molecular flexibility index (Phi) is 3.15. The molecule has 3 heteroatoms. The Hall–Kier alpha value is -2.68. The predicted octanol–water partition coefficient (Wildman–Crippen LogP) is 4.20. The van der Waals surface area contributed by atoms with Crippen molar-refractivity contribution in [2.24, 2.45) is 0 Å². The fraction of sp³-hybridized carbons (Fsp3) is 0. The molecule has 4 rings (SSSR count). The van der Waals surface area contributed by atoms with E-state index in [2.05, 4.69) is 7.85 Å². The van der Waals surface area contributed by atoms with Crippen molar-refractivity contribution in [3.05, 3.63) is 78.4 Å². The van der Waals surface area contributed by atoms with Crippen LogP contribution in [0.2, 0.25) is 0 Å². The van der Waals surface area contributed by atoms with Gasteiger partial charge in [-0.3, -0.25) is 0 Å². The van der Waals surface area contributed by atoms with Gasteiger partial charge in [0, 0.05) is 17.2 Å². The largest absolute Gasteiger partial charge is 0.207 e. The molecule has 4 aromatic carbocycles. The van der Waals surface area contributed by atoms with Crippen LogP contribution in [0.4, 0.5) is 8.78 Å². The molecule has 0 bridgehead atoms. The van der Waals surface area contributed by atoms with Crippen LogP contribution in [0.1, 0.15) is 0 Å². The minimum atomic E-state index is -0.563. The maximum Gasteiger partial charge on any atom is 0.140 e. The Bertz CT molecular complexity index is 997. The molecular weight excluding hydrogens is 289 g/mol. The molecule has 0 amide bonds. The highest BCUT2D eigenvalue weighted by Gasteiger charge is 2.15. The summed E-state index contributed by atoms with van der Waals surface area (Å²) in [5, 5.41) is 4.14. The van der Waals surface area contributed by atoms with Crippen LogP contribution in [0.15, 0.2) is 66.7 Å². The van der Waals surface area contributed by atoms with E-state index in [1.807, 2.05) is 48.5 Å². The lowest BCUT2D eigenvalue weighted by Gasteiger charge is -2.15. The van der Waals surface area contributed by atoms with Gasteiger partial charge in [-0.15, -0.1) is 0 Å².